The summed E-state index contributed by atoms with van der Waals surface area (Å²) in [6.45, 7) is 5.04. The summed E-state index contributed by atoms with van der Waals surface area (Å²) < 4.78 is 15.8. The number of carbonyl (C=O) groups excluding carboxylic acids is 9. The monoisotopic (exact) mass is 1030 g/mol. The van der Waals surface area contributed by atoms with Crippen molar-refractivity contribution in [2.75, 3.05) is 13.1 Å². The smallest absolute Gasteiger partial charge is 0.481 e. The summed E-state index contributed by atoms with van der Waals surface area (Å²) in [5, 5.41) is 24.7. The van der Waals surface area contributed by atoms with Crippen LogP contribution in [0.1, 0.15) is 89.7 Å². The predicted molar refractivity (Wildman–Crippen MR) is 257 cm³/mol. The van der Waals surface area contributed by atoms with Crippen molar-refractivity contribution >= 4 is 67.0 Å². The van der Waals surface area contributed by atoms with E-state index in [9.17, 15) is 57.6 Å². The number of unbranched alkanes of at least 4 members (excludes halogenated alkanes) is 1. The lowest BCUT2D eigenvalue weighted by Gasteiger charge is -2.31. The highest BCUT2D eigenvalue weighted by Crippen LogP contribution is 2.37. The Balaban J connectivity index is 1.90. The van der Waals surface area contributed by atoms with E-state index >= 15 is 0 Å². The number of primary amides is 2. The van der Waals surface area contributed by atoms with Gasteiger partial charge >= 0.3 is 13.8 Å². The number of nitrogens with one attached hydrogen (secondary N) is 6. The number of carboxylic acid groups (broad SMARTS) is 1. The zero-order valence-corrected chi connectivity index (χ0v) is 41.3. The maximum atomic E-state index is 14.4. The van der Waals surface area contributed by atoms with Gasteiger partial charge in [-0.2, -0.15) is 0 Å². The molecular weight excluding hydrogens is 964 g/mol. The Bertz CT molecular complexity index is 2280. The Kier molecular flexibility index (Phi) is 23.7. The van der Waals surface area contributed by atoms with E-state index in [1.165, 1.54) is 36.1 Å². The Morgan fingerprint density at radius 2 is 1.25 bits per heavy atom. The van der Waals surface area contributed by atoms with Crippen molar-refractivity contribution in [3.8, 4) is 5.75 Å². The van der Waals surface area contributed by atoms with E-state index in [0.29, 0.717) is 30.4 Å². The molecule has 1 fully saturated rings. The van der Waals surface area contributed by atoms with Crippen LogP contribution in [0.25, 0.3) is 0 Å². The maximum absolute atomic E-state index is 14.4. The zero-order chi connectivity index (χ0) is 53.7. The van der Waals surface area contributed by atoms with Gasteiger partial charge in [0.25, 0.3) is 0 Å². The molecule has 15 N–H and O–H groups in total. The first-order valence-electron chi connectivity index (χ1n) is 23.3. The van der Waals surface area contributed by atoms with Gasteiger partial charge in [-0.25, -0.2) is 4.57 Å². The van der Waals surface area contributed by atoms with Gasteiger partial charge in [-0.3, -0.25) is 57.7 Å². The molecule has 7 atom stereocenters. The molecule has 1 heterocycles. The zero-order valence-electron chi connectivity index (χ0n) is 40.4. The molecule has 1 aliphatic heterocycles. The highest BCUT2D eigenvalue weighted by atomic mass is 31.2. The summed E-state index contributed by atoms with van der Waals surface area (Å²) in [6.07, 6.45) is -0.582. The summed E-state index contributed by atoms with van der Waals surface area (Å²) in [6, 6.07) is 4.15. The van der Waals surface area contributed by atoms with E-state index in [1.807, 2.05) is 0 Å². The van der Waals surface area contributed by atoms with Gasteiger partial charge in [0.15, 0.2) is 0 Å². The van der Waals surface area contributed by atoms with Crippen molar-refractivity contribution < 1.29 is 71.9 Å². The van der Waals surface area contributed by atoms with Crippen molar-refractivity contribution in [3.63, 3.8) is 0 Å². The average Bonchev–Trinajstić information content (AvgIpc) is 3.79. The molecule has 2 aromatic rings. The number of hydrogen-bond acceptors (Lipinski definition) is 13. The highest BCUT2D eigenvalue weighted by molar-refractivity contribution is 7.46. The molecule has 1 aliphatic rings. The number of hydrogen-bond donors (Lipinski definition) is 12. The minimum absolute atomic E-state index is 0.0754. The first kappa shape index (κ1) is 59.4. The second-order valence-corrected chi connectivity index (χ2v) is 19.0. The van der Waals surface area contributed by atoms with Crippen LogP contribution in [0.2, 0.25) is 0 Å². The molecule has 0 saturated carbocycles. The second-order valence-electron chi connectivity index (χ2n) is 17.8. The summed E-state index contributed by atoms with van der Waals surface area (Å²) in [7, 11) is -4.85. The van der Waals surface area contributed by atoms with Crippen LogP contribution in [0, 0.1) is 5.92 Å². The molecule has 0 spiro atoms. The molecule has 2 aromatic carbocycles. The van der Waals surface area contributed by atoms with Crippen LogP contribution >= 0.6 is 7.82 Å². The van der Waals surface area contributed by atoms with Crippen LogP contribution in [-0.4, -0.2) is 134 Å². The normalized spacial score (nSPS) is 15.9. The van der Waals surface area contributed by atoms with Gasteiger partial charge in [-0.05, 0) is 80.7 Å². The summed E-state index contributed by atoms with van der Waals surface area (Å²) >= 11 is 0. The summed E-state index contributed by atoms with van der Waals surface area (Å²) in [5.74, 6) is -9.39. The van der Waals surface area contributed by atoms with E-state index in [4.69, 9.17) is 27.0 Å². The Morgan fingerprint density at radius 3 is 1.79 bits per heavy atom. The molecule has 25 nitrogen and oxygen atoms in total. The van der Waals surface area contributed by atoms with Gasteiger partial charge in [-0.1, -0.05) is 56.3 Å². The number of phosphoric ester groups is 1. The number of phosphoric acid groups is 1. The highest BCUT2D eigenvalue weighted by Gasteiger charge is 2.40. The number of nitrogens with zero attached hydrogens (tertiary/aromatic N) is 1. The molecule has 0 aromatic heterocycles. The van der Waals surface area contributed by atoms with Crippen molar-refractivity contribution in [1.29, 1.82) is 0 Å². The van der Waals surface area contributed by atoms with Gasteiger partial charge in [-0.15, -0.1) is 0 Å². The molecule has 26 heteroatoms. The van der Waals surface area contributed by atoms with Gasteiger partial charge in [0.1, 0.15) is 48.0 Å². The largest absolute Gasteiger partial charge is 0.524 e. The molecule has 396 valence electrons. The summed E-state index contributed by atoms with van der Waals surface area (Å²) in [4.78, 5) is 152. The van der Waals surface area contributed by atoms with E-state index in [1.54, 1.807) is 44.2 Å². The molecule has 0 bridgehead atoms. The van der Waals surface area contributed by atoms with Crippen molar-refractivity contribution in [3.05, 3.63) is 65.7 Å². The number of carbonyl (C=O) groups is 10. The second kappa shape index (κ2) is 28.8. The molecule has 0 aliphatic carbocycles. The number of amides is 9. The van der Waals surface area contributed by atoms with Gasteiger partial charge in [0, 0.05) is 32.7 Å². The third-order valence-corrected chi connectivity index (χ3v) is 11.7. The molecule has 9 amide bonds. The third-order valence-electron chi connectivity index (χ3n) is 11.3. The average molecular weight is 1030 g/mol. The third kappa shape index (κ3) is 20.8. The van der Waals surface area contributed by atoms with Crippen LogP contribution in [-0.2, 0) is 65.4 Å². The van der Waals surface area contributed by atoms with Crippen molar-refractivity contribution in [1.82, 2.24) is 36.8 Å². The minimum atomic E-state index is -4.85. The molecule has 1 saturated heterocycles. The fourth-order valence-electron chi connectivity index (χ4n) is 7.84. The number of nitrogens with two attached hydrogens (primary N) is 3. The minimum Gasteiger partial charge on any atom is -0.481 e. The molecular formula is C46H67N10O15P. The van der Waals surface area contributed by atoms with E-state index < -0.39 is 129 Å². The van der Waals surface area contributed by atoms with Crippen LogP contribution in [0.3, 0.4) is 0 Å². The molecule has 3 rings (SSSR count). The van der Waals surface area contributed by atoms with E-state index in [0.717, 1.165) is 0 Å². The Labute approximate surface area is 416 Å². The fourth-order valence-corrected chi connectivity index (χ4v) is 8.24. The van der Waals surface area contributed by atoms with Crippen molar-refractivity contribution in [2.24, 2.45) is 23.1 Å². The predicted octanol–water partition coefficient (Wildman–Crippen LogP) is -1.74. The first-order chi connectivity index (χ1) is 33.9. The lowest BCUT2D eigenvalue weighted by Crippen LogP contribution is -2.60. The fraction of sp³-hybridized carbons (Fsp3) is 0.522. The Morgan fingerprint density at radius 1 is 0.708 bits per heavy atom. The molecule has 0 unspecified atom stereocenters. The lowest BCUT2D eigenvalue weighted by atomic mass is 10.0. The van der Waals surface area contributed by atoms with E-state index in [-0.39, 0.29) is 56.9 Å². The quantitative estimate of drug-likeness (QED) is 0.0305. The number of carboxylic acids is 1. The SMILES string of the molecule is CC(=O)N[C@@H](Cc1ccc(OP(=O)(O)O)cc1)C(=O)N[C@@H](CCCCN)C(=O)N1CCC[C@H]1C(=O)N[C@@H](Cc1ccccc1)C(=O)N[C@@H](CCC(N)=O)C(=O)N[C@@H](CC(=O)O)C(=O)N[C@@H](CC(C)C)C(N)=O. The van der Waals surface area contributed by atoms with Crippen LogP contribution < -0.4 is 53.6 Å². The number of rotatable bonds is 30. The van der Waals surface area contributed by atoms with Gasteiger partial charge in [0.05, 0.1) is 6.42 Å². The van der Waals surface area contributed by atoms with E-state index in [2.05, 4.69) is 36.4 Å². The van der Waals surface area contributed by atoms with Gasteiger partial charge < -0.3 is 63.6 Å². The topological polar surface area (TPSA) is 411 Å². The lowest BCUT2D eigenvalue weighted by molar-refractivity contribution is -0.143. The number of benzene rings is 2. The van der Waals surface area contributed by atoms with Crippen LogP contribution in [0.5, 0.6) is 5.75 Å². The van der Waals surface area contributed by atoms with Crippen LogP contribution in [0.4, 0.5) is 0 Å². The Hall–Kier alpha value is -6.95. The maximum Gasteiger partial charge on any atom is 0.524 e. The number of likely N-dealkylation sites (tertiary alicyclic amines) is 1. The summed E-state index contributed by atoms with van der Waals surface area (Å²) in [5.41, 5.74) is 17.6. The van der Waals surface area contributed by atoms with Gasteiger partial charge in [0.2, 0.25) is 53.2 Å². The standard InChI is InChI=1S/C46H67N10O15P/c1-26(2)22-33(40(49)61)53-44(65)36(25-39(59)60)54-41(62)31(18-19-38(48)58)51-43(64)35(23-28-10-5-4-6-11-28)55-45(66)37-13-9-21-56(37)46(67)32(12-7-8-20-47)52-42(63)34(50-27(3)57)24-29-14-16-30(17-15-29)71-72(68,69)70/h4-6,10-11,14-17,26,31-37H,7-9,12-13,18-25,47H2,1-3H3,(H2,48,58)(H2,49,61)(H,50,57)(H,51,64)(H,52,63)(H,53,65)(H,54,62)(H,55,66)(H,59,60)(H2,68,69,70)/t31-,32-,33-,34-,35-,36-,37-/m0/s1. The van der Waals surface area contributed by atoms with Crippen LogP contribution in [0.15, 0.2) is 54.6 Å². The molecule has 72 heavy (non-hydrogen) atoms. The number of aliphatic carboxylic acids is 1. The molecule has 0 radical (unpaired) electrons. The first-order valence-corrected chi connectivity index (χ1v) is 24.9. The van der Waals surface area contributed by atoms with Crippen molar-refractivity contribution in [2.45, 2.75) is 134 Å².